The SMILES string of the molecule is N#CC1CCN(S(=O)(=O)CC(=O)O)CC1. The molecule has 0 amide bonds. The molecule has 1 heterocycles. The van der Waals surface area contributed by atoms with Crippen LogP contribution in [0.15, 0.2) is 0 Å². The van der Waals surface area contributed by atoms with Gasteiger partial charge in [0.25, 0.3) is 0 Å². The largest absolute Gasteiger partial charge is 0.480 e. The third-order valence-electron chi connectivity index (χ3n) is 2.34. The maximum Gasteiger partial charge on any atom is 0.320 e. The van der Waals surface area contributed by atoms with Crippen LogP contribution in [0.1, 0.15) is 12.8 Å². The van der Waals surface area contributed by atoms with E-state index in [4.69, 9.17) is 10.4 Å². The average Bonchev–Trinajstić information content (AvgIpc) is 2.16. The molecule has 1 rings (SSSR count). The lowest BCUT2D eigenvalue weighted by atomic mass is 10.0. The monoisotopic (exact) mass is 232 g/mol. The summed E-state index contributed by atoms with van der Waals surface area (Å²) in [4.78, 5) is 10.3. The fraction of sp³-hybridized carbons (Fsp3) is 0.750. The van der Waals surface area contributed by atoms with E-state index in [0.717, 1.165) is 4.31 Å². The number of carbonyl (C=O) groups is 1. The first-order chi connectivity index (χ1) is 6.95. The summed E-state index contributed by atoms with van der Waals surface area (Å²) in [6, 6.07) is 2.08. The van der Waals surface area contributed by atoms with Gasteiger partial charge in [-0.05, 0) is 12.8 Å². The topological polar surface area (TPSA) is 98.5 Å². The molecule has 0 aliphatic carbocycles. The smallest absolute Gasteiger partial charge is 0.320 e. The van der Waals surface area contributed by atoms with Crippen LogP contribution in [0, 0.1) is 17.2 Å². The number of carboxylic acids is 1. The van der Waals surface area contributed by atoms with Crippen molar-refractivity contribution in [1.82, 2.24) is 4.31 Å². The molecule has 0 bridgehead atoms. The summed E-state index contributed by atoms with van der Waals surface area (Å²) in [5.74, 6) is -2.33. The molecule has 15 heavy (non-hydrogen) atoms. The van der Waals surface area contributed by atoms with Crippen molar-refractivity contribution in [2.45, 2.75) is 12.8 Å². The highest BCUT2D eigenvalue weighted by molar-refractivity contribution is 7.89. The van der Waals surface area contributed by atoms with Crippen molar-refractivity contribution < 1.29 is 18.3 Å². The summed E-state index contributed by atoms with van der Waals surface area (Å²) in [7, 11) is -3.69. The molecule has 1 aliphatic rings. The average molecular weight is 232 g/mol. The number of nitriles is 1. The van der Waals surface area contributed by atoms with E-state index in [1.807, 2.05) is 0 Å². The second-order valence-corrected chi connectivity index (χ2v) is 5.42. The van der Waals surface area contributed by atoms with E-state index < -0.39 is 21.7 Å². The Labute approximate surface area is 88.2 Å². The summed E-state index contributed by atoms with van der Waals surface area (Å²) in [5.41, 5.74) is 0. The van der Waals surface area contributed by atoms with E-state index in [9.17, 15) is 13.2 Å². The second-order valence-electron chi connectivity index (χ2n) is 3.45. The number of hydrogen-bond acceptors (Lipinski definition) is 4. The summed E-state index contributed by atoms with van der Waals surface area (Å²) < 4.78 is 24.1. The Kier molecular flexibility index (Phi) is 3.66. The Balaban J connectivity index is 2.60. The van der Waals surface area contributed by atoms with Gasteiger partial charge in [0, 0.05) is 19.0 Å². The minimum atomic E-state index is -3.69. The molecule has 84 valence electrons. The van der Waals surface area contributed by atoms with E-state index in [-0.39, 0.29) is 19.0 Å². The van der Waals surface area contributed by atoms with E-state index in [2.05, 4.69) is 6.07 Å². The molecule has 1 fully saturated rings. The van der Waals surface area contributed by atoms with Crippen LogP contribution in [0.4, 0.5) is 0 Å². The van der Waals surface area contributed by atoms with Gasteiger partial charge in [0.1, 0.15) is 0 Å². The molecule has 1 aliphatic heterocycles. The Hall–Kier alpha value is -1.13. The van der Waals surface area contributed by atoms with E-state index in [0.29, 0.717) is 12.8 Å². The summed E-state index contributed by atoms with van der Waals surface area (Å²) in [5, 5.41) is 17.0. The number of piperidine rings is 1. The van der Waals surface area contributed by atoms with Crippen molar-refractivity contribution in [3.63, 3.8) is 0 Å². The van der Waals surface area contributed by atoms with Gasteiger partial charge in [0.05, 0.1) is 6.07 Å². The lowest BCUT2D eigenvalue weighted by molar-refractivity contribution is -0.134. The van der Waals surface area contributed by atoms with Gasteiger partial charge < -0.3 is 5.11 Å². The minimum Gasteiger partial charge on any atom is -0.480 e. The van der Waals surface area contributed by atoms with E-state index in [1.54, 1.807) is 0 Å². The molecular weight excluding hydrogens is 220 g/mol. The van der Waals surface area contributed by atoms with Crippen LogP contribution < -0.4 is 0 Å². The number of sulfonamides is 1. The van der Waals surface area contributed by atoms with Crippen LogP contribution in [0.25, 0.3) is 0 Å². The number of rotatable bonds is 3. The van der Waals surface area contributed by atoms with Crippen LogP contribution >= 0.6 is 0 Å². The van der Waals surface area contributed by atoms with Crippen molar-refractivity contribution in [2.75, 3.05) is 18.8 Å². The van der Waals surface area contributed by atoms with Gasteiger partial charge in [-0.3, -0.25) is 4.79 Å². The molecule has 0 aromatic heterocycles. The van der Waals surface area contributed by atoms with Crippen LogP contribution in [0.3, 0.4) is 0 Å². The normalized spacial score (nSPS) is 19.7. The maximum absolute atomic E-state index is 11.5. The molecule has 6 nitrogen and oxygen atoms in total. The fourth-order valence-corrected chi connectivity index (χ4v) is 2.77. The molecule has 0 unspecified atom stereocenters. The number of nitrogens with zero attached hydrogens (tertiary/aromatic N) is 2. The zero-order chi connectivity index (χ0) is 11.5. The standard InChI is InChI=1S/C8H12N2O4S/c9-5-7-1-3-10(4-2-7)15(13,14)6-8(11)12/h7H,1-4,6H2,(H,11,12). The minimum absolute atomic E-state index is 0.110. The Bertz CT molecular complexity index is 376. The quantitative estimate of drug-likeness (QED) is 0.716. The first-order valence-electron chi connectivity index (χ1n) is 4.55. The Morgan fingerprint density at radius 1 is 1.47 bits per heavy atom. The van der Waals surface area contributed by atoms with Gasteiger partial charge in [-0.2, -0.15) is 5.26 Å². The summed E-state index contributed by atoms with van der Waals surface area (Å²) >= 11 is 0. The van der Waals surface area contributed by atoms with Crippen molar-refractivity contribution in [2.24, 2.45) is 5.92 Å². The number of hydrogen-bond donors (Lipinski definition) is 1. The highest BCUT2D eigenvalue weighted by Gasteiger charge is 2.29. The molecule has 1 N–H and O–H groups in total. The molecule has 1 saturated heterocycles. The van der Waals surface area contributed by atoms with Gasteiger partial charge in [-0.1, -0.05) is 0 Å². The maximum atomic E-state index is 11.5. The van der Waals surface area contributed by atoms with Gasteiger partial charge in [0.2, 0.25) is 10.0 Å². The molecule has 7 heteroatoms. The molecule has 0 spiro atoms. The predicted molar refractivity (Wildman–Crippen MR) is 51.3 cm³/mol. The second kappa shape index (κ2) is 4.59. The molecule has 0 saturated carbocycles. The third kappa shape index (κ3) is 3.18. The zero-order valence-electron chi connectivity index (χ0n) is 8.09. The fourth-order valence-electron chi connectivity index (χ4n) is 1.51. The first kappa shape index (κ1) is 11.9. The van der Waals surface area contributed by atoms with Gasteiger partial charge >= 0.3 is 5.97 Å². The van der Waals surface area contributed by atoms with E-state index in [1.165, 1.54) is 0 Å². The lowest BCUT2D eigenvalue weighted by Gasteiger charge is -2.27. The predicted octanol–water partition coefficient (Wildman–Crippen LogP) is -0.364. The van der Waals surface area contributed by atoms with Crippen LogP contribution in [-0.4, -0.2) is 42.6 Å². The number of aliphatic carboxylic acids is 1. The van der Waals surface area contributed by atoms with E-state index >= 15 is 0 Å². The van der Waals surface area contributed by atoms with Crippen LogP contribution in [0.2, 0.25) is 0 Å². The molecular formula is C8H12N2O4S. The highest BCUT2D eigenvalue weighted by Crippen LogP contribution is 2.18. The first-order valence-corrected chi connectivity index (χ1v) is 6.16. The summed E-state index contributed by atoms with van der Waals surface area (Å²) in [6.07, 6.45) is 0.963. The Morgan fingerprint density at radius 2 is 2.00 bits per heavy atom. The zero-order valence-corrected chi connectivity index (χ0v) is 8.90. The molecule has 0 atom stereocenters. The summed E-state index contributed by atoms with van der Waals surface area (Å²) in [6.45, 7) is 0.488. The van der Waals surface area contributed by atoms with Crippen molar-refractivity contribution in [3.05, 3.63) is 0 Å². The molecule has 0 aromatic carbocycles. The lowest BCUT2D eigenvalue weighted by Crippen LogP contribution is -2.40. The van der Waals surface area contributed by atoms with Crippen LogP contribution in [0.5, 0.6) is 0 Å². The number of carboxylic acid groups (broad SMARTS) is 1. The van der Waals surface area contributed by atoms with Crippen molar-refractivity contribution in [1.29, 1.82) is 5.26 Å². The molecule has 0 aromatic rings. The van der Waals surface area contributed by atoms with Gasteiger partial charge in [-0.25, -0.2) is 12.7 Å². The third-order valence-corrected chi connectivity index (χ3v) is 4.10. The Morgan fingerprint density at radius 3 is 2.40 bits per heavy atom. The van der Waals surface area contributed by atoms with Crippen LogP contribution in [-0.2, 0) is 14.8 Å². The highest BCUT2D eigenvalue weighted by atomic mass is 32.2. The van der Waals surface area contributed by atoms with Crippen molar-refractivity contribution in [3.8, 4) is 6.07 Å². The van der Waals surface area contributed by atoms with Crippen molar-refractivity contribution >= 4 is 16.0 Å². The van der Waals surface area contributed by atoms with Gasteiger partial charge in [0.15, 0.2) is 5.75 Å². The van der Waals surface area contributed by atoms with Gasteiger partial charge in [-0.15, -0.1) is 0 Å². The molecule has 0 radical (unpaired) electrons.